The van der Waals surface area contributed by atoms with Gasteiger partial charge in [0.15, 0.2) is 0 Å². The van der Waals surface area contributed by atoms with Crippen molar-refractivity contribution < 1.29 is 9.18 Å². The number of carbonyl (C=O) groups is 1. The summed E-state index contributed by atoms with van der Waals surface area (Å²) in [7, 11) is 0. The summed E-state index contributed by atoms with van der Waals surface area (Å²) in [5.41, 5.74) is 2.39. The Morgan fingerprint density at radius 1 is 1.23 bits per heavy atom. The van der Waals surface area contributed by atoms with Gasteiger partial charge in [-0.1, -0.05) is 24.6 Å². The zero-order valence-corrected chi connectivity index (χ0v) is 13.3. The minimum Gasteiger partial charge on any atom is -0.355 e. The van der Waals surface area contributed by atoms with E-state index in [4.69, 9.17) is 11.6 Å². The predicted molar refractivity (Wildman–Crippen MR) is 88.5 cm³/mol. The molecular weight excluding hydrogens is 303 g/mol. The first-order valence-corrected chi connectivity index (χ1v) is 7.50. The van der Waals surface area contributed by atoms with Crippen molar-refractivity contribution in [3.63, 3.8) is 0 Å². The Balaban J connectivity index is 2.35. The van der Waals surface area contributed by atoms with Gasteiger partial charge in [-0.15, -0.1) is 0 Å². The molecule has 0 bridgehead atoms. The monoisotopic (exact) mass is 320 g/mol. The molecule has 0 aromatic heterocycles. The molecule has 0 aliphatic heterocycles. The van der Waals surface area contributed by atoms with E-state index in [1.807, 2.05) is 19.9 Å². The summed E-state index contributed by atoms with van der Waals surface area (Å²) in [5.74, 6) is -0.641. The second-order valence-electron chi connectivity index (χ2n) is 4.98. The maximum Gasteiger partial charge on any atom is 0.253 e. The normalized spacial score (nSPS) is 10.4. The summed E-state index contributed by atoms with van der Waals surface area (Å²) in [4.78, 5) is 12.2. The van der Waals surface area contributed by atoms with Crippen LogP contribution in [0.4, 0.5) is 15.8 Å². The van der Waals surface area contributed by atoms with Crippen LogP contribution in [0.3, 0.4) is 0 Å². The number of hydrogen-bond donors (Lipinski definition) is 2. The van der Waals surface area contributed by atoms with Crippen molar-refractivity contribution in [1.29, 1.82) is 0 Å². The number of carbonyl (C=O) groups excluding carboxylic acids is 1. The molecule has 2 aromatic carbocycles. The lowest BCUT2D eigenvalue weighted by molar-refractivity contribution is 0.0954. The van der Waals surface area contributed by atoms with Crippen molar-refractivity contribution in [2.24, 2.45) is 0 Å². The smallest absolute Gasteiger partial charge is 0.253 e. The molecule has 3 nitrogen and oxygen atoms in total. The molecule has 116 valence electrons. The number of benzene rings is 2. The Labute approximate surface area is 134 Å². The fourth-order valence-corrected chi connectivity index (χ4v) is 2.21. The highest BCUT2D eigenvalue weighted by Crippen LogP contribution is 2.28. The highest BCUT2D eigenvalue weighted by molar-refractivity contribution is 6.31. The zero-order valence-electron chi connectivity index (χ0n) is 12.5. The van der Waals surface area contributed by atoms with Gasteiger partial charge in [-0.25, -0.2) is 4.39 Å². The third-order valence-corrected chi connectivity index (χ3v) is 3.71. The minimum absolute atomic E-state index is 0.232. The van der Waals surface area contributed by atoms with Gasteiger partial charge in [0.05, 0.1) is 11.3 Å². The van der Waals surface area contributed by atoms with Gasteiger partial charge < -0.3 is 10.6 Å². The van der Waals surface area contributed by atoms with E-state index in [9.17, 15) is 9.18 Å². The standard InChI is InChI=1S/C17H18ClFN2O/c1-3-9-20-17(22)13-8-7-12(19)10-16(13)21-15-6-4-5-14(18)11(15)2/h4-8,10,21H,3,9H2,1-2H3,(H,20,22). The second kappa shape index (κ2) is 7.27. The molecule has 2 rings (SSSR count). The lowest BCUT2D eigenvalue weighted by atomic mass is 10.1. The maximum absolute atomic E-state index is 13.5. The van der Waals surface area contributed by atoms with Crippen LogP contribution in [0.25, 0.3) is 0 Å². The van der Waals surface area contributed by atoms with Crippen LogP contribution in [0.15, 0.2) is 36.4 Å². The Bertz CT molecular complexity index is 688. The SMILES string of the molecule is CCCNC(=O)c1ccc(F)cc1Nc1cccc(Cl)c1C. The number of amides is 1. The molecule has 5 heteroatoms. The molecule has 2 aromatic rings. The molecule has 0 aliphatic rings. The first-order chi connectivity index (χ1) is 10.5. The third-order valence-electron chi connectivity index (χ3n) is 3.30. The van der Waals surface area contributed by atoms with Crippen LogP contribution < -0.4 is 10.6 Å². The lowest BCUT2D eigenvalue weighted by Gasteiger charge is -2.14. The van der Waals surface area contributed by atoms with Crippen molar-refractivity contribution in [2.75, 3.05) is 11.9 Å². The summed E-state index contributed by atoms with van der Waals surface area (Å²) in [5, 5.41) is 6.50. The van der Waals surface area contributed by atoms with Crippen molar-refractivity contribution >= 4 is 28.9 Å². The zero-order chi connectivity index (χ0) is 16.1. The number of hydrogen-bond acceptors (Lipinski definition) is 2. The Morgan fingerprint density at radius 3 is 2.73 bits per heavy atom. The Morgan fingerprint density at radius 2 is 2.00 bits per heavy atom. The van der Waals surface area contributed by atoms with Gasteiger partial charge in [0, 0.05) is 17.3 Å². The summed E-state index contributed by atoms with van der Waals surface area (Å²) in [6.07, 6.45) is 0.836. The summed E-state index contributed by atoms with van der Waals surface area (Å²) < 4.78 is 13.5. The second-order valence-corrected chi connectivity index (χ2v) is 5.39. The van der Waals surface area contributed by atoms with Crippen LogP contribution in [-0.4, -0.2) is 12.5 Å². The molecule has 0 saturated heterocycles. The van der Waals surface area contributed by atoms with Crippen molar-refractivity contribution in [3.05, 3.63) is 58.4 Å². The van der Waals surface area contributed by atoms with E-state index in [1.165, 1.54) is 18.2 Å². The third kappa shape index (κ3) is 3.77. The van der Waals surface area contributed by atoms with Gasteiger partial charge in [-0.05, 0) is 49.2 Å². The van der Waals surface area contributed by atoms with Crippen LogP contribution in [0, 0.1) is 12.7 Å². The van der Waals surface area contributed by atoms with Crippen LogP contribution in [0.5, 0.6) is 0 Å². The van der Waals surface area contributed by atoms with E-state index in [1.54, 1.807) is 12.1 Å². The number of halogens is 2. The maximum atomic E-state index is 13.5. The van der Waals surface area contributed by atoms with Crippen LogP contribution in [0.2, 0.25) is 5.02 Å². The Kier molecular flexibility index (Phi) is 5.39. The molecule has 0 aliphatic carbocycles. The number of nitrogens with one attached hydrogen (secondary N) is 2. The summed E-state index contributed by atoms with van der Waals surface area (Å²) >= 11 is 6.09. The molecule has 0 saturated carbocycles. The van der Waals surface area contributed by atoms with Gasteiger partial charge in [0.25, 0.3) is 5.91 Å². The molecule has 0 radical (unpaired) electrons. The quantitative estimate of drug-likeness (QED) is 0.840. The molecule has 0 heterocycles. The predicted octanol–water partition coefficient (Wildman–Crippen LogP) is 4.67. The van der Waals surface area contributed by atoms with Crippen LogP contribution in [0.1, 0.15) is 29.3 Å². The number of anilines is 2. The minimum atomic E-state index is -0.408. The first kappa shape index (κ1) is 16.3. The van der Waals surface area contributed by atoms with Gasteiger partial charge in [0.2, 0.25) is 0 Å². The highest BCUT2D eigenvalue weighted by Gasteiger charge is 2.13. The summed E-state index contributed by atoms with van der Waals surface area (Å²) in [6, 6.07) is 9.47. The molecule has 0 fully saturated rings. The molecule has 22 heavy (non-hydrogen) atoms. The van der Waals surface area contributed by atoms with Gasteiger partial charge in [-0.3, -0.25) is 4.79 Å². The van der Waals surface area contributed by atoms with Gasteiger partial charge in [0.1, 0.15) is 5.82 Å². The average molecular weight is 321 g/mol. The van der Waals surface area contributed by atoms with E-state index in [2.05, 4.69) is 10.6 Å². The molecule has 0 spiro atoms. The topological polar surface area (TPSA) is 41.1 Å². The largest absolute Gasteiger partial charge is 0.355 e. The lowest BCUT2D eigenvalue weighted by Crippen LogP contribution is -2.24. The van der Waals surface area contributed by atoms with E-state index in [0.29, 0.717) is 22.8 Å². The van der Waals surface area contributed by atoms with E-state index < -0.39 is 5.82 Å². The first-order valence-electron chi connectivity index (χ1n) is 7.12. The molecule has 1 amide bonds. The Hall–Kier alpha value is -2.07. The fourth-order valence-electron chi connectivity index (χ4n) is 2.04. The molecular formula is C17H18ClFN2O. The van der Waals surface area contributed by atoms with Crippen molar-refractivity contribution in [3.8, 4) is 0 Å². The number of rotatable bonds is 5. The van der Waals surface area contributed by atoms with Gasteiger partial charge >= 0.3 is 0 Å². The summed E-state index contributed by atoms with van der Waals surface area (Å²) in [6.45, 7) is 4.41. The molecule has 0 atom stereocenters. The van der Waals surface area contributed by atoms with Crippen LogP contribution >= 0.6 is 11.6 Å². The molecule has 0 unspecified atom stereocenters. The average Bonchev–Trinajstić information content (AvgIpc) is 2.49. The van der Waals surface area contributed by atoms with E-state index in [0.717, 1.165) is 17.7 Å². The van der Waals surface area contributed by atoms with Crippen molar-refractivity contribution in [1.82, 2.24) is 5.32 Å². The van der Waals surface area contributed by atoms with Crippen molar-refractivity contribution in [2.45, 2.75) is 20.3 Å². The van der Waals surface area contributed by atoms with Gasteiger partial charge in [-0.2, -0.15) is 0 Å². The highest BCUT2D eigenvalue weighted by atomic mass is 35.5. The molecule has 2 N–H and O–H groups in total. The fraction of sp³-hybridized carbons (Fsp3) is 0.235. The van der Waals surface area contributed by atoms with E-state index in [-0.39, 0.29) is 5.91 Å². The van der Waals surface area contributed by atoms with E-state index >= 15 is 0 Å². The van der Waals surface area contributed by atoms with Crippen LogP contribution in [-0.2, 0) is 0 Å².